The molecule has 0 aromatic heterocycles. The van der Waals surface area contributed by atoms with Crippen LogP contribution in [0.15, 0.2) is 59.5 Å². The maximum absolute atomic E-state index is 13.3. The van der Waals surface area contributed by atoms with E-state index >= 15 is 0 Å². The van der Waals surface area contributed by atoms with Crippen molar-refractivity contribution >= 4 is 21.8 Å². The van der Waals surface area contributed by atoms with E-state index in [-0.39, 0.29) is 29.2 Å². The number of hydrogen-bond acceptors (Lipinski definition) is 5. The minimum absolute atomic E-state index is 0.0312. The average Bonchev–Trinajstić information content (AvgIpc) is 3.38. The van der Waals surface area contributed by atoms with Gasteiger partial charge in [0.25, 0.3) is 0 Å². The number of nitrogens with one attached hydrogen (secondary N) is 2. The predicted octanol–water partition coefficient (Wildman–Crippen LogP) is 2.63. The summed E-state index contributed by atoms with van der Waals surface area (Å²) in [5, 5.41) is 2.93. The molecule has 35 heavy (non-hydrogen) atoms. The second-order valence-corrected chi connectivity index (χ2v) is 10.5. The van der Waals surface area contributed by atoms with E-state index in [1.807, 2.05) is 30.3 Å². The number of nitrogens with zero attached hydrogens (tertiary/aromatic N) is 1. The van der Waals surface area contributed by atoms with Crippen LogP contribution in [0, 0.1) is 0 Å². The molecule has 2 aromatic rings. The lowest BCUT2D eigenvalue weighted by Crippen LogP contribution is -2.49. The predicted molar refractivity (Wildman–Crippen MR) is 134 cm³/mol. The van der Waals surface area contributed by atoms with E-state index < -0.39 is 16.1 Å². The van der Waals surface area contributed by atoms with Gasteiger partial charge in [0.1, 0.15) is 6.04 Å². The third kappa shape index (κ3) is 7.88. The first-order chi connectivity index (χ1) is 16.8. The van der Waals surface area contributed by atoms with Crippen molar-refractivity contribution in [3.05, 3.63) is 65.7 Å². The first kappa shape index (κ1) is 26.8. The molecule has 2 aromatic carbocycles. The molecule has 3 rings (SSSR count). The summed E-state index contributed by atoms with van der Waals surface area (Å²) in [7, 11) is -3.52. The zero-order chi connectivity index (χ0) is 25.3. The third-order valence-electron chi connectivity index (χ3n) is 6.09. The molecule has 0 radical (unpaired) electrons. The number of hydrogen-bond donors (Lipinski definition) is 2. The lowest BCUT2D eigenvalue weighted by atomic mass is 10.1. The minimum Gasteiger partial charge on any atom is -0.376 e. The third-order valence-corrected chi connectivity index (χ3v) is 7.65. The maximum Gasteiger partial charge on any atom is 0.242 e. The molecule has 0 saturated carbocycles. The van der Waals surface area contributed by atoms with Crippen molar-refractivity contribution in [2.45, 2.75) is 63.1 Å². The molecule has 0 bridgehead atoms. The van der Waals surface area contributed by atoms with E-state index in [1.165, 1.54) is 0 Å². The van der Waals surface area contributed by atoms with Crippen LogP contribution in [0.3, 0.4) is 0 Å². The summed E-state index contributed by atoms with van der Waals surface area (Å²) in [5.74, 6) is -0.347. The molecular weight excluding hydrogens is 466 g/mol. The maximum atomic E-state index is 13.3. The standard InChI is InChI=1S/C26H35N3O5S/c1-3-28-35(32,33)24-14-11-21(12-15-24)13-16-25(30)29(19-22-8-5-4-6-9-22)20(2)26(31)27-18-23-10-7-17-34-23/h4-6,8-9,11-12,14-15,20,23,28H,3,7,10,13,16-19H2,1-2H3,(H,27,31)/t20-,23-/m0/s1. The van der Waals surface area contributed by atoms with Gasteiger partial charge in [-0.1, -0.05) is 49.4 Å². The zero-order valence-corrected chi connectivity index (χ0v) is 21.2. The highest BCUT2D eigenvalue weighted by Crippen LogP contribution is 2.16. The highest BCUT2D eigenvalue weighted by atomic mass is 32.2. The number of benzene rings is 2. The molecular formula is C26H35N3O5S. The summed E-state index contributed by atoms with van der Waals surface area (Å²) in [6, 6.07) is 15.5. The van der Waals surface area contributed by atoms with Crippen molar-refractivity contribution in [3.63, 3.8) is 0 Å². The molecule has 1 heterocycles. The lowest BCUT2D eigenvalue weighted by molar-refractivity contribution is -0.140. The van der Waals surface area contributed by atoms with Crippen molar-refractivity contribution < 1.29 is 22.7 Å². The Hall–Kier alpha value is -2.75. The summed E-state index contributed by atoms with van der Waals surface area (Å²) in [5.41, 5.74) is 1.79. The molecule has 1 aliphatic rings. The molecule has 0 spiro atoms. The number of amides is 2. The molecule has 0 unspecified atom stereocenters. The summed E-state index contributed by atoms with van der Waals surface area (Å²) in [6.45, 7) is 5.27. The molecule has 9 heteroatoms. The molecule has 2 atom stereocenters. The van der Waals surface area contributed by atoms with Gasteiger partial charge in [-0.2, -0.15) is 0 Å². The number of sulfonamides is 1. The van der Waals surface area contributed by atoms with Crippen LogP contribution < -0.4 is 10.0 Å². The van der Waals surface area contributed by atoms with E-state index in [4.69, 9.17) is 4.74 Å². The fraction of sp³-hybridized carbons (Fsp3) is 0.462. The Kier molecular flexibility index (Phi) is 9.83. The summed E-state index contributed by atoms with van der Waals surface area (Å²) < 4.78 is 32.3. The quantitative estimate of drug-likeness (QED) is 0.465. The van der Waals surface area contributed by atoms with Gasteiger partial charge in [0, 0.05) is 32.7 Å². The first-order valence-corrected chi connectivity index (χ1v) is 13.6. The lowest BCUT2D eigenvalue weighted by Gasteiger charge is -2.29. The SMILES string of the molecule is CCNS(=O)(=O)c1ccc(CCC(=O)N(Cc2ccccc2)[C@@H](C)C(=O)NC[C@@H]2CCCO2)cc1. The minimum atomic E-state index is -3.52. The van der Waals surface area contributed by atoms with E-state index in [0.29, 0.717) is 26.1 Å². The average molecular weight is 502 g/mol. The monoisotopic (exact) mass is 501 g/mol. The smallest absolute Gasteiger partial charge is 0.242 e. The fourth-order valence-electron chi connectivity index (χ4n) is 4.03. The number of aryl methyl sites for hydroxylation is 1. The van der Waals surface area contributed by atoms with Gasteiger partial charge in [0.15, 0.2) is 0 Å². The second-order valence-electron chi connectivity index (χ2n) is 8.71. The molecule has 8 nitrogen and oxygen atoms in total. The molecule has 190 valence electrons. The van der Waals surface area contributed by atoms with Crippen molar-refractivity contribution in [1.29, 1.82) is 0 Å². The van der Waals surface area contributed by atoms with Crippen LogP contribution in [0.25, 0.3) is 0 Å². The van der Waals surface area contributed by atoms with E-state index in [9.17, 15) is 18.0 Å². The summed E-state index contributed by atoms with van der Waals surface area (Å²) in [4.78, 5) is 27.9. The van der Waals surface area contributed by atoms with Crippen molar-refractivity contribution in [1.82, 2.24) is 14.9 Å². The van der Waals surface area contributed by atoms with Gasteiger partial charge in [-0.3, -0.25) is 9.59 Å². The molecule has 2 N–H and O–H groups in total. The van der Waals surface area contributed by atoms with Crippen molar-refractivity contribution in [2.75, 3.05) is 19.7 Å². The van der Waals surface area contributed by atoms with Crippen LogP contribution in [-0.2, 0) is 37.3 Å². The highest BCUT2D eigenvalue weighted by Gasteiger charge is 2.27. The number of carbonyl (C=O) groups is 2. The fourth-order valence-corrected chi connectivity index (χ4v) is 5.07. The molecule has 1 fully saturated rings. The molecule has 1 saturated heterocycles. The topological polar surface area (TPSA) is 105 Å². The van der Waals surface area contributed by atoms with Gasteiger partial charge < -0.3 is 15.0 Å². The second kappa shape index (κ2) is 12.8. The van der Waals surface area contributed by atoms with Crippen molar-refractivity contribution in [2.24, 2.45) is 0 Å². The van der Waals surface area contributed by atoms with Crippen LogP contribution in [0.1, 0.15) is 44.2 Å². The van der Waals surface area contributed by atoms with E-state index in [1.54, 1.807) is 43.0 Å². The van der Waals surface area contributed by atoms with Crippen LogP contribution in [0.4, 0.5) is 0 Å². The molecule has 0 aliphatic carbocycles. The Morgan fingerprint density at radius 1 is 1.09 bits per heavy atom. The van der Waals surface area contributed by atoms with E-state index in [2.05, 4.69) is 10.0 Å². The Morgan fingerprint density at radius 2 is 1.80 bits per heavy atom. The van der Waals surface area contributed by atoms with Gasteiger partial charge in [0.05, 0.1) is 11.0 Å². The Morgan fingerprint density at radius 3 is 2.43 bits per heavy atom. The number of rotatable bonds is 12. The van der Waals surface area contributed by atoms with Crippen LogP contribution in [-0.4, -0.2) is 57.0 Å². The Balaban J connectivity index is 1.64. The normalized spacial score (nSPS) is 16.6. The van der Waals surface area contributed by atoms with Gasteiger partial charge in [-0.05, 0) is 49.4 Å². The molecule has 1 aliphatic heterocycles. The zero-order valence-electron chi connectivity index (χ0n) is 20.4. The first-order valence-electron chi connectivity index (χ1n) is 12.1. The summed E-state index contributed by atoms with van der Waals surface area (Å²) in [6.07, 6.45) is 2.60. The largest absolute Gasteiger partial charge is 0.376 e. The van der Waals surface area contributed by atoms with Gasteiger partial charge in [0.2, 0.25) is 21.8 Å². The van der Waals surface area contributed by atoms with E-state index in [0.717, 1.165) is 30.6 Å². The Labute approximate surface area is 208 Å². The summed E-state index contributed by atoms with van der Waals surface area (Å²) >= 11 is 0. The van der Waals surface area contributed by atoms with Crippen molar-refractivity contribution in [3.8, 4) is 0 Å². The Bertz CT molecular complexity index is 1070. The van der Waals surface area contributed by atoms with Gasteiger partial charge in [-0.25, -0.2) is 13.1 Å². The highest BCUT2D eigenvalue weighted by molar-refractivity contribution is 7.89. The van der Waals surface area contributed by atoms with Gasteiger partial charge >= 0.3 is 0 Å². The number of ether oxygens (including phenoxy) is 1. The molecule has 2 amide bonds. The van der Waals surface area contributed by atoms with Gasteiger partial charge in [-0.15, -0.1) is 0 Å². The van der Waals surface area contributed by atoms with Crippen LogP contribution in [0.5, 0.6) is 0 Å². The van der Waals surface area contributed by atoms with Crippen LogP contribution in [0.2, 0.25) is 0 Å². The number of carbonyl (C=O) groups excluding carboxylic acids is 2. The van der Waals surface area contributed by atoms with Crippen LogP contribution >= 0.6 is 0 Å².